The smallest absolute Gasteiger partial charge is 0.285 e. The molecule has 0 bridgehead atoms. The molecule has 0 fully saturated rings. The van der Waals surface area contributed by atoms with Gasteiger partial charge < -0.3 is 10.1 Å². The molecule has 0 amide bonds. The van der Waals surface area contributed by atoms with Crippen molar-refractivity contribution in [2.75, 3.05) is 13.2 Å². The molecule has 1 aromatic heterocycles. The van der Waals surface area contributed by atoms with Gasteiger partial charge in [-0.1, -0.05) is 23.7 Å². The molecule has 0 saturated carbocycles. The molecule has 6 heteroatoms. The summed E-state index contributed by atoms with van der Waals surface area (Å²) in [5.41, 5.74) is 3.44. The van der Waals surface area contributed by atoms with Crippen molar-refractivity contribution in [3.63, 3.8) is 0 Å². The quantitative estimate of drug-likeness (QED) is 0.850. The third-order valence-electron chi connectivity index (χ3n) is 3.82. The van der Waals surface area contributed by atoms with E-state index in [4.69, 9.17) is 16.3 Å². The summed E-state index contributed by atoms with van der Waals surface area (Å²) in [7, 11) is 0. The van der Waals surface area contributed by atoms with Crippen LogP contribution < -0.4 is 5.32 Å². The lowest BCUT2D eigenvalue weighted by Crippen LogP contribution is -2.30. The van der Waals surface area contributed by atoms with Crippen LogP contribution in [0.3, 0.4) is 0 Å². The van der Waals surface area contributed by atoms with E-state index in [1.54, 1.807) is 0 Å². The Morgan fingerprint density at radius 1 is 1.39 bits per heavy atom. The highest BCUT2D eigenvalue weighted by atomic mass is 79.9. The lowest BCUT2D eigenvalue weighted by Gasteiger charge is -2.21. The number of amidine groups is 1. The Morgan fingerprint density at radius 3 is 3.00 bits per heavy atom. The summed E-state index contributed by atoms with van der Waals surface area (Å²) >= 11 is 9.70. The van der Waals surface area contributed by atoms with Gasteiger partial charge in [0.2, 0.25) is 0 Å². The zero-order valence-electron chi connectivity index (χ0n) is 12.7. The molecule has 0 radical (unpaired) electrons. The van der Waals surface area contributed by atoms with Gasteiger partial charge in [0.05, 0.1) is 12.6 Å². The van der Waals surface area contributed by atoms with Crippen molar-refractivity contribution in [1.82, 2.24) is 10.3 Å². The van der Waals surface area contributed by atoms with Crippen LogP contribution in [0.5, 0.6) is 0 Å². The van der Waals surface area contributed by atoms with Crippen LogP contribution in [-0.4, -0.2) is 24.2 Å². The van der Waals surface area contributed by atoms with Gasteiger partial charge in [0.1, 0.15) is 6.61 Å². The Morgan fingerprint density at radius 2 is 2.26 bits per heavy atom. The first-order valence-electron chi connectivity index (χ1n) is 7.41. The van der Waals surface area contributed by atoms with E-state index in [1.807, 2.05) is 30.6 Å². The fourth-order valence-corrected chi connectivity index (χ4v) is 3.08. The number of pyridine rings is 1. The Bertz CT molecular complexity index is 736. The summed E-state index contributed by atoms with van der Waals surface area (Å²) in [6, 6.07) is 8.46. The number of aliphatic imine (C=N–C) groups is 1. The van der Waals surface area contributed by atoms with Crippen LogP contribution in [0.1, 0.15) is 22.7 Å². The summed E-state index contributed by atoms with van der Waals surface area (Å²) in [6.45, 7) is 3.41. The Kier molecular flexibility index (Phi) is 5.18. The summed E-state index contributed by atoms with van der Waals surface area (Å²) < 4.78 is 6.52. The molecular weight excluding hydrogens is 378 g/mol. The number of benzene rings is 1. The minimum atomic E-state index is 0.0142. The topological polar surface area (TPSA) is 46.5 Å². The molecule has 1 N–H and O–H groups in total. The molecule has 3 rings (SSSR count). The summed E-state index contributed by atoms with van der Waals surface area (Å²) in [5.74, 6) is 0. The van der Waals surface area contributed by atoms with Crippen molar-refractivity contribution < 1.29 is 4.74 Å². The van der Waals surface area contributed by atoms with Gasteiger partial charge in [-0.25, -0.2) is 4.99 Å². The minimum Gasteiger partial charge on any atom is -0.463 e. The second-order valence-electron chi connectivity index (χ2n) is 5.40. The van der Waals surface area contributed by atoms with Gasteiger partial charge in [0.25, 0.3) is 6.02 Å². The largest absolute Gasteiger partial charge is 0.463 e. The summed E-state index contributed by atoms with van der Waals surface area (Å²) in [4.78, 5) is 8.61. The molecule has 1 aromatic carbocycles. The van der Waals surface area contributed by atoms with Crippen LogP contribution >= 0.6 is 27.5 Å². The molecule has 0 spiro atoms. The number of rotatable bonds is 4. The second-order valence-corrected chi connectivity index (χ2v) is 6.69. The number of hydrogen-bond donors (Lipinski definition) is 1. The molecule has 1 atom stereocenters. The standard InChI is InChI=1S/C17H17BrClN3O/c1-11-13(9-20-10-15(11)18)8-16(22-17-21-5-6-23-17)12-3-2-4-14(19)7-12/h2-4,7,9-10,16H,5-6,8H2,1H3,(H,21,22). The fraction of sp³-hybridized carbons (Fsp3) is 0.294. The van der Waals surface area contributed by atoms with E-state index in [9.17, 15) is 0 Å². The molecule has 2 aromatic rings. The van der Waals surface area contributed by atoms with Gasteiger partial charge in [-0.3, -0.25) is 4.98 Å². The zero-order valence-corrected chi connectivity index (χ0v) is 15.1. The predicted octanol–water partition coefficient (Wildman–Crippen LogP) is 4.07. The van der Waals surface area contributed by atoms with E-state index < -0.39 is 0 Å². The first-order valence-corrected chi connectivity index (χ1v) is 8.59. The van der Waals surface area contributed by atoms with Crippen LogP contribution in [0.15, 0.2) is 46.1 Å². The molecule has 4 nitrogen and oxygen atoms in total. The van der Waals surface area contributed by atoms with Gasteiger partial charge in [-0.05, 0) is 58.1 Å². The van der Waals surface area contributed by atoms with Crippen LogP contribution in [0.2, 0.25) is 5.02 Å². The van der Waals surface area contributed by atoms with Crippen molar-refractivity contribution in [2.24, 2.45) is 4.99 Å². The molecule has 0 saturated heterocycles. The number of halogens is 2. The van der Waals surface area contributed by atoms with Gasteiger partial charge >= 0.3 is 0 Å². The van der Waals surface area contributed by atoms with Crippen molar-refractivity contribution in [2.45, 2.75) is 19.4 Å². The Labute approximate surface area is 149 Å². The number of nitrogens with one attached hydrogen (secondary N) is 1. The van der Waals surface area contributed by atoms with Crippen LogP contribution in [0.25, 0.3) is 0 Å². The normalized spacial score (nSPS) is 15.0. The maximum Gasteiger partial charge on any atom is 0.285 e. The number of hydrogen-bond acceptors (Lipinski definition) is 4. The van der Waals surface area contributed by atoms with E-state index in [1.165, 1.54) is 5.56 Å². The SMILES string of the molecule is Cc1c(Br)cncc1CC(NC1=NCCO1)c1cccc(Cl)c1. The molecule has 1 aliphatic rings. The molecule has 2 heterocycles. The first-order chi connectivity index (χ1) is 11.1. The lowest BCUT2D eigenvalue weighted by atomic mass is 9.97. The molecule has 0 aliphatic carbocycles. The van der Waals surface area contributed by atoms with Gasteiger partial charge in [0.15, 0.2) is 0 Å². The van der Waals surface area contributed by atoms with Gasteiger partial charge in [0, 0.05) is 21.9 Å². The van der Waals surface area contributed by atoms with Crippen molar-refractivity contribution in [1.29, 1.82) is 0 Å². The third-order valence-corrected chi connectivity index (χ3v) is 4.85. The lowest BCUT2D eigenvalue weighted by molar-refractivity contribution is 0.325. The predicted molar refractivity (Wildman–Crippen MR) is 96.0 cm³/mol. The van der Waals surface area contributed by atoms with E-state index in [-0.39, 0.29) is 6.04 Å². The van der Waals surface area contributed by atoms with Gasteiger partial charge in [-0.2, -0.15) is 0 Å². The van der Waals surface area contributed by atoms with Crippen LogP contribution in [0.4, 0.5) is 0 Å². The van der Waals surface area contributed by atoms with Gasteiger partial charge in [-0.15, -0.1) is 0 Å². The van der Waals surface area contributed by atoms with E-state index in [0.717, 1.165) is 22.0 Å². The first kappa shape index (κ1) is 16.3. The average Bonchev–Trinajstić information content (AvgIpc) is 3.04. The summed E-state index contributed by atoms with van der Waals surface area (Å²) in [5, 5.41) is 4.10. The van der Waals surface area contributed by atoms with E-state index in [0.29, 0.717) is 24.2 Å². The van der Waals surface area contributed by atoms with Crippen molar-refractivity contribution in [3.05, 3.63) is 62.8 Å². The molecule has 23 heavy (non-hydrogen) atoms. The molecular formula is C17H17BrClN3O. The third kappa shape index (κ3) is 4.03. The number of nitrogens with zero attached hydrogens (tertiary/aromatic N) is 2. The van der Waals surface area contributed by atoms with E-state index >= 15 is 0 Å². The van der Waals surface area contributed by atoms with E-state index in [2.05, 4.69) is 44.2 Å². The molecule has 1 aliphatic heterocycles. The highest BCUT2D eigenvalue weighted by molar-refractivity contribution is 9.10. The highest BCUT2D eigenvalue weighted by Gasteiger charge is 2.19. The van der Waals surface area contributed by atoms with Crippen LogP contribution in [0, 0.1) is 6.92 Å². The zero-order chi connectivity index (χ0) is 16.2. The monoisotopic (exact) mass is 393 g/mol. The fourth-order valence-electron chi connectivity index (χ4n) is 2.51. The van der Waals surface area contributed by atoms with Crippen molar-refractivity contribution >= 4 is 33.6 Å². The maximum absolute atomic E-state index is 6.16. The minimum absolute atomic E-state index is 0.0142. The van der Waals surface area contributed by atoms with Crippen LogP contribution in [-0.2, 0) is 11.2 Å². The average molecular weight is 395 g/mol. The maximum atomic E-state index is 6.16. The molecule has 120 valence electrons. The number of aromatic nitrogens is 1. The number of ether oxygens (including phenoxy) is 1. The Balaban J connectivity index is 1.89. The highest BCUT2D eigenvalue weighted by Crippen LogP contribution is 2.25. The summed E-state index contributed by atoms with van der Waals surface area (Å²) in [6.07, 6.45) is 4.47. The second kappa shape index (κ2) is 7.32. The molecule has 1 unspecified atom stereocenters. The van der Waals surface area contributed by atoms with Crippen molar-refractivity contribution in [3.8, 4) is 0 Å². The Hall–Kier alpha value is -1.59.